The molecule has 0 bridgehead atoms. The van der Waals surface area contributed by atoms with Crippen molar-refractivity contribution < 1.29 is 5.11 Å². The van der Waals surface area contributed by atoms with Gasteiger partial charge in [0, 0.05) is 6.92 Å². The van der Waals surface area contributed by atoms with Gasteiger partial charge in [-0.3, -0.25) is 0 Å². The van der Waals surface area contributed by atoms with Crippen LogP contribution in [0.3, 0.4) is 0 Å². The molecule has 0 amide bonds. The molecule has 0 saturated heterocycles. The summed E-state index contributed by atoms with van der Waals surface area (Å²) < 4.78 is 0. The van der Waals surface area contributed by atoms with Crippen LogP contribution in [0, 0.1) is 57.7 Å². The summed E-state index contributed by atoms with van der Waals surface area (Å²) >= 11 is 0. The van der Waals surface area contributed by atoms with Crippen LogP contribution in [0.1, 0.15) is 112 Å². The van der Waals surface area contributed by atoms with Crippen LogP contribution in [0.5, 0.6) is 0 Å². The zero-order chi connectivity index (χ0) is 22.8. The first-order valence-corrected chi connectivity index (χ1v) is 13.4. The Morgan fingerprint density at radius 1 is 1.06 bits per heavy atom. The molecule has 0 aliphatic heterocycles. The van der Waals surface area contributed by atoms with Crippen molar-refractivity contribution >= 4 is 0 Å². The third kappa shape index (κ3) is 4.78. The van der Waals surface area contributed by atoms with Gasteiger partial charge < -0.3 is 5.11 Å². The number of hydrogen-bond acceptors (Lipinski definition) is 2. The summed E-state index contributed by atoms with van der Waals surface area (Å²) in [5.41, 5.74) is 2.60. The predicted octanol–water partition coefficient (Wildman–Crippen LogP) is 7.92. The van der Waals surface area contributed by atoms with Crippen molar-refractivity contribution in [2.24, 2.45) is 46.3 Å². The lowest BCUT2D eigenvalue weighted by Gasteiger charge is -2.58. The molecule has 0 aromatic rings. The van der Waals surface area contributed by atoms with Gasteiger partial charge >= 0.3 is 0 Å². The van der Waals surface area contributed by atoms with Gasteiger partial charge in [0.25, 0.3) is 0 Å². The van der Waals surface area contributed by atoms with E-state index < -0.39 is 0 Å². The number of allylic oxidation sites excluding steroid dienone is 1. The Labute approximate surface area is 192 Å². The molecule has 0 radical (unpaired) electrons. The van der Waals surface area contributed by atoms with E-state index in [0.717, 1.165) is 48.3 Å². The highest BCUT2D eigenvalue weighted by Crippen LogP contribution is 2.67. The fraction of sp³-hybridized carbons (Fsp3) is 0.897. The second-order valence-electron chi connectivity index (χ2n) is 12.4. The first-order valence-electron chi connectivity index (χ1n) is 13.4. The predicted molar refractivity (Wildman–Crippen MR) is 130 cm³/mol. The van der Waals surface area contributed by atoms with Crippen molar-refractivity contribution in [3.63, 3.8) is 0 Å². The summed E-state index contributed by atoms with van der Waals surface area (Å²) in [6.07, 6.45) is 17.2. The highest BCUT2D eigenvalue weighted by atomic mass is 16.3. The molecule has 176 valence electrons. The van der Waals surface area contributed by atoms with Gasteiger partial charge in [-0.25, -0.2) is 0 Å². The van der Waals surface area contributed by atoms with E-state index in [0.29, 0.717) is 10.8 Å². The molecule has 0 aromatic carbocycles. The van der Waals surface area contributed by atoms with Crippen LogP contribution in [-0.2, 0) is 0 Å². The van der Waals surface area contributed by atoms with Crippen LogP contribution in [-0.4, -0.2) is 11.2 Å². The molecule has 2 heteroatoms. The molecule has 0 aromatic heterocycles. The maximum absolute atomic E-state index is 10.2. The zero-order valence-electron chi connectivity index (χ0n) is 21.3. The SMILES string of the molecule is CC#N.CC(C)CCC[C@@H](C)[C@H]1CC[C@H]2[C@@H]3CC=C4C[C@@H](O)CC[C@]4(C)[C@H]3CC[C@]12C. The minimum atomic E-state index is -0.0766. The Hall–Kier alpha value is -0.810. The highest BCUT2D eigenvalue weighted by molar-refractivity contribution is 5.25. The highest BCUT2D eigenvalue weighted by Gasteiger charge is 2.59. The second-order valence-corrected chi connectivity index (χ2v) is 12.4. The summed E-state index contributed by atoms with van der Waals surface area (Å²) in [7, 11) is 0. The molecule has 4 aliphatic carbocycles. The van der Waals surface area contributed by atoms with E-state index in [1.165, 1.54) is 64.7 Å². The molecular formula is C29H49NO. The monoisotopic (exact) mass is 427 g/mol. The van der Waals surface area contributed by atoms with Crippen LogP contribution >= 0.6 is 0 Å². The van der Waals surface area contributed by atoms with E-state index in [1.807, 2.05) is 0 Å². The molecule has 0 heterocycles. The van der Waals surface area contributed by atoms with E-state index in [-0.39, 0.29) is 6.10 Å². The fourth-order valence-corrected chi connectivity index (χ4v) is 8.67. The van der Waals surface area contributed by atoms with Gasteiger partial charge in [-0.1, -0.05) is 65.5 Å². The van der Waals surface area contributed by atoms with Crippen molar-refractivity contribution in [3.8, 4) is 6.07 Å². The summed E-state index contributed by atoms with van der Waals surface area (Å²) in [5, 5.41) is 17.5. The van der Waals surface area contributed by atoms with Crippen molar-refractivity contribution in [2.45, 2.75) is 118 Å². The zero-order valence-corrected chi connectivity index (χ0v) is 21.3. The first-order chi connectivity index (χ1) is 14.7. The number of aliphatic hydroxyl groups excluding tert-OH is 1. The van der Waals surface area contributed by atoms with Gasteiger partial charge in [-0.15, -0.1) is 0 Å². The molecule has 2 nitrogen and oxygen atoms in total. The summed E-state index contributed by atoms with van der Waals surface area (Å²) in [6.45, 7) is 14.0. The van der Waals surface area contributed by atoms with Crippen LogP contribution < -0.4 is 0 Å². The molecule has 3 saturated carbocycles. The standard InChI is InChI=1S/C27H46O.C2H3N/c1-18(2)7-6-8-19(3)23-11-12-24-22-10-9-20-17-21(28)13-15-26(20,4)25(22)14-16-27(23,24)5;1-2-3/h9,18-19,21-25,28H,6-8,10-17H2,1-5H3;1H3/t19-,21+,22+,23-,24+,25+,26+,27-;/m1./s1. The molecule has 0 spiro atoms. The number of fused-ring (bicyclic) bond motifs is 5. The lowest BCUT2D eigenvalue weighted by atomic mass is 9.47. The first kappa shape index (κ1) is 24.8. The summed E-state index contributed by atoms with van der Waals surface area (Å²) in [5.74, 6) is 5.46. The van der Waals surface area contributed by atoms with Crippen molar-refractivity contribution in [1.82, 2.24) is 0 Å². The molecule has 0 unspecified atom stereocenters. The van der Waals surface area contributed by atoms with Crippen LogP contribution in [0.25, 0.3) is 0 Å². The Morgan fingerprint density at radius 3 is 2.45 bits per heavy atom. The summed E-state index contributed by atoms with van der Waals surface area (Å²) in [6, 6.07) is 1.75. The van der Waals surface area contributed by atoms with Crippen LogP contribution in [0.2, 0.25) is 0 Å². The molecule has 4 rings (SSSR count). The Balaban J connectivity index is 0.000000858. The molecular weight excluding hydrogens is 378 g/mol. The number of hydrogen-bond donors (Lipinski definition) is 1. The van der Waals surface area contributed by atoms with Gasteiger partial charge in [-0.2, -0.15) is 5.26 Å². The van der Waals surface area contributed by atoms with Gasteiger partial charge in [0.1, 0.15) is 0 Å². The van der Waals surface area contributed by atoms with Gasteiger partial charge in [0.05, 0.1) is 12.2 Å². The number of nitrogens with zero attached hydrogens (tertiary/aromatic N) is 1. The smallest absolute Gasteiger partial charge is 0.0587 e. The average molecular weight is 428 g/mol. The molecule has 31 heavy (non-hydrogen) atoms. The quantitative estimate of drug-likeness (QED) is 0.453. The van der Waals surface area contributed by atoms with E-state index in [4.69, 9.17) is 5.26 Å². The molecule has 1 N–H and O–H groups in total. The topological polar surface area (TPSA) is 44.0 Å². The van der Waals surface area contributed by atoms with Gasteiger partial charge in [0.15, 0.2) is 0 Å². The van der Waals surface area contributed by atoms with Gasteiger partial charge in [-0.05, 0) is 97.7 Å². The van der Waals surface area contributed by atoms with E-state index in [9.17, 15) is 5.11 Å². The third-order valence-corrected chi connectivity index (χ3v) is 10.3. The van der Waals surface area contributed by atoms with E-state index >= 15 is 0 Å². The Bertz CT molecular complexity index is 675. The summed E-state index contributed by atoms with van der Waals surface area (Å²) in [4.78, 5) is 0. The number of rotatable bonds is 5. The minimum absolute atomic E-state index is 0.0766. The number of aliphatic hydroxyl groups is 1. The van der Waals surface area contributed by atoms with Crippen molar-refractivity contribution in [3.05, 3.63) is 11.6 Å². The van der Waals surface area contributed by atoms with Crippen molar-refractivity contribution in [2.75, 3.05) is 0 Å². The van der Waals surface area contributed by atoms with Crippen LogP contribution in [0.4, 0.5) is 0 Å². The lowest BCUT2D eigenvalue weighted by Crippen LogP contribution is -2.50. The van der Waals surface area contributed by atoms with Crippen LogP contribution in [0.15, 0.2) is 11.6 Å². The minimum Gasteiger partial charge on any atom is -0.393 e. The Kier molecular flexibility index (Phi) is 8.00. The number of nitriles is 1. The van der Waals surface area contributed by atoms with Crippen molar-refractivity contribution in [1.29, 1.82) is 5.26 Å². The Morgan fingerprint density at radius 2 is 1.77 bits per heavy atom. The van der Waals surface area contributed by atoms with E-state index in [2.05, 4.69) is 40.7 Å². The lowest BCUT2D eigenvalue weighted by molar-refractivity contribution is -0.0573. The largest absolute Gasteiger partial charge is 0.393 e. The fourth-order valence-electron chi connectivity index (χ4n) is 8.67. The van der Waals surface area contributed by atoms with E-state index in [1.54, 1.807) is 11.6 Å². The third-order valence-electron chi connectivity index (χ3n) is 10.3. The second kappa shape index (κ2) is 9.99. The van der Waals surface area contributed by atoms with Gasteiger partial charge in [0.2, 0.25) is 0 Å². The molecule has 3 fully saturated rings. The maximum atomic E-state index is 10.2. The normalized spacial score (nSPS) is 42.3. The average Bonchev–Trinajstić information content (AvgIpc) is 3.06. The molecule has 8 atom stereocenters. The molecule has 4 aliphatic rings. The maximum Gasteiger partial charge on any atom is 0.0587 e.